The maximum absolute atomic E-state index is 12.9. The van der Waals surface area contributed by atoms with Crippen molar-refractivity contribution in [2.45, 2.75) is 12.4 Å². The molecule has 0 bridgehead atoms. The third kappa shape index (κ3) is 4.79. The molecular weight excluding hydrogens is 474 g/mol. The van der Waals surface area contributed by atoms with Crippen LogP contribution in [0, 0.1) is 0 Å². The molecule has 180 valence electrons. The molecule has 0 atom stereocenters. The van der Waals surface area contributed by atoms with Crippen LogP contribution in [0.15, 0.2) is 58.7 Å². The number of hydrogen-bond acceptors (Lipinski definition) is 6. The molecule has 0 unspecified atom stereocenters. The van der Waals surface area contributed by atoms with Crippen molar-refractivity contribution in [3.8, 4) is 0 Å². The molecule has 0 aromatic heterocycles. The minimum atomic E-state index is -4.62. The summed E-state index contributed by atoms with van der Waals surface area (Å²) in [4.78, 5) is 25.1. The summed E-state index contributed by atoms with van der Waals surface area (Å²) >= 11 is 0. The van der Waals surface area contributed by atoms with E-state index in [0.29, 0.717) is 10.0 Å². The second kappa shape index (κ2) is 9.03. The summed E-state index contributed by atoms with van der Waals surface area (Å²) in [6.07, 6.45) is -11.7. The Morgan fingerprint density at radius 3 is 1.18 bits per heavy atom. The molecule has 0 saturated carbocycles. The molecule has 8 nitrogen and oxygen atoms in total. The number of amidine groups is 2. The highest BCUT2D eigenvalue weighted by atomic mass is 19.4. The number of alkyl halides is 6. The molecule has 0 N–H and O–H groups in total. The molecule has 0 saturated heterocycles. The highest BCUT2D eigenvalue weighted by Gasteiger charge is 2.40. The first-order valence-electron chi connectivity index (χ1n) is 9.15. The van der Waals surface area contributed by atoms with E-state index >= 15 is 0 Å². The topological polar surface area (TPSA) is 83.8 Å². The maximum Gasteiger partial charge on any atom is 0.435 e. The number of halogens is 6. The Morgan fingerprint density at radius 2 is 0.941 bits per heavy atom. The quantitative estimate of drug-likeness (QED) is 0.564. The smallest absolute Gasteiger partial charge is 0.435 e. The fourth-order valence-electron chi connectivity index (χ4n) is 2.85. The first-order chi connectivity index (χ1) is 15.9. The molecule has 0 aliphatic carbocycles. The van der Waals surface area contributed by atoms with Gasteiger partial charge < -0.3 is 9.47 Å². The lowest BCUT2D eigenvalue weighted by molar-refractivity contribution is -0.138. The highest BCUT2D eigenvalue weighted by molar-refractivity contribution is 6.15. The van der Waals surface area contributed by atoms with Gasteiger partial charge in [0.25, 0.3) is 0 Å². The minimum absolute atomic E-state index is 0.0532. The van der Waals surface area contributed by atoms with Crippen LogP contribution >= 0.6 is 0 Å². The van der Waals surface area contributed by atoms with Crippen LogP contribution in [-0.4, -0.2) is 48.1 Å². The summed E-state index contributed by atoms with van der Waals surface area (Å²) in [5.74, 6) is -0.803. The van der Waals surface area contributed by atoms with Crippen molar-refractivity contribution in [2.24, 2.45) is 10.2 Å². The van der Waals surface area contributed by atoms with Gasteiger partial charge in [-0.1, -0.05) is 24.3 Å². The van der Waals surface area contributed by atoms with E-state index in [2.05, 4.69) is 19.7 Å². The number of hydrogen-bond donors (Lipinski definition) is 0. The molecule has 0 radical (unpaired) electrons. The first-order valence-corrected chi connectivity index (χ1v) is 9.15. The summed E-state index contributed by atoms with van der Waals surface area (Å²) in [6, 6.07) is 6.88. The Balaban J connectivity index is 2.14. The van der Waals surface area contributed by atoms with E-state index in [0.717, 1.165) is 62.8 Å². The molecule has 2 aromatic carbocycles. The van der Waals surface area contributed by atoms with Gasteiger partial charge in [-0.2, -0.15) is 36.4 Å². The SMILES string of the molecule is COC(=O)N1C(c2ccc(C(F)(F)F)cc2)=NN=C(c2ccc(C(F)(F)F)cc2)N1C(=O)OC. The number of ether oxygens (including phenoxy) is 2. The molecule has 34 heavy (non-hydrogen) atoms. The fourth-order valence-corrected chi connectivity index (χ4v) is 2.85. The zero-order chi connectivity index (χ0) is 25.3. The largest absolute Gasteiger partial charge is 0.451 e. The third-order valence-electron chi connectivity index (χ3n) is 4.48. The number of carbonyl (C=O) groups is 2. The van der Waals surface area contributed by atoms with E-state index in [1.807, 2.05) is 0 Å². The lowest BCUT2D eigenvalue weighted by atomic mass is 10.1. The molecule has 14 heteroatoms. The number of amides is 2. The molecule has 0 fully saturated rings. The van der Waals surface area contributed by atoms with Gasteiger partial charge in [-0.15, -0.1) is 10.2 Å². The molecule has 0 spiro atoms. The standard InChI is InChI=1S/C20H14F6N4O4/c1-33-17(31)29-15(11-3-7-13(8-4-11)19(21,22)23)27-28-16(30(29)18(32)34-2)12-5-9-14(10-6-12)20(24,25)26/h3-10H,1-2H3. The normalized spacial score (nSPS) is 14.4. The summed E-state index contributed by atoms with van der Waals surface area (Å²) in [7, 11) is 1.93. The van der Waals surface area contributed by atoms with E-state index in [1.165, 1.54) is 0 Å². The van der Waals surface area contributed by atoms with Gasteiger partial charge in [-0.25, -0.2) is 9.59 Å². The van der Waals surface area contributed by atoms with Crippen molar-refractivity contribution >= 4 is 23.9 Å². The van der Waals surface area contributed by atoms with Gasteiger partial charge in [0, 0.05) is 11.1 Å². The van der Waals surface area contributed by atoms with Crippen molar-refractivity contribution in [1.29, 1.82) is 0 Å². The van der Waals surface area contributed by atoms with Crippen LogP contribution in [0.25, 0.3) is 0 Å². The van der Waals surface area contributed by atoms with Gasteiger partial charge in [-0.3, -0.25) is 0 Å². The summed E-state index contributed by atoms with van der Waals surface area (Å²) < 4.78 is 86.7. The number of nitrogens with zero attached hydrogens (tertiary/aromatic N) is 4. The lowest BCUT2D eigenvalue weighted by Gasteiger charge is -2.34. The van der Waals surface area contributed by atoms with Gasteiger partial charge in [0.05, 0.1) is 25.3 Å². The average Bonchev–Trinajstić information content (AvgIpc) is 2.81. The lowest BCUT2D eigenvalue weighted by Crippen LogP contribution is -2.57. The first kappa shape index (κ1) is 24.5. The second-order valence-electron chi connectivity index (χ2n) is 6.56. The van der Waals surface area contributed by atoms with E-state index in [4.69, 9.17) is 0 Å². The van der Waals surface area contributed by atoms with Crippen molar-refractivity contribution in [3.05, 3.63) is 70.8 Å². The maximum atomic E-state index is 12.9. The van der Waals surface area contributed by atoms with Crippen LogP contribution in [0.2, 0.25) is 0 Å². The van der Waals surface area contributed by atoms with E-state index in [1.54, 1.807) is 0 Å². The molecule has 1 aliphatic rings. The number of benzene rings is 2. The zero-order valence-corrected chi connectivity index (χ0v) is 17.3. The van der Waals surface area contributed by atoms with Crippen LogP contribution < -0.4 is 0 Å². The Bertz CT molecular complexity index is 1050. The van der Waals surface area contributed by atoms with Crippen LogP contribution in [-0.2, 0) is 21.8 Å². The van der Waals surface area contributed by atoms with Crippen molar-refractivity contribution < 1.29 is 45.4 Å². The predicted octanol–water partition coefficient (Wildman–Crippen LogP) is 4.90. The van der Waals surface area contributed by atoms with Crippen LogP contribution in [0.4, 0.5) is 35.9 Å². The Hall–Kier alpha value is -4.10. The average molecular weight is 488 g/mol. The van der Waals surface area contributed by atoms with Gasteiger partial charge in [0.15, 0.2) is 11.7 Å². The Labute approximate surface area is 187 Å². The van der Waals surface area contributed by atoms with Crippen molar-refractivity contribution in [1.82, 2.24) is 10.0 Å². The molecule has 2 amide bonds. The monoisotopic (exact) mass is 488 g/mol. The van der Waals surface area contributed by atoms with Crippen LogP contribution in [0.5, 0.6) is 0 Å². The molecule has 3 rings (SSSR count). The summed E-state index contributed by atoms with van der Waals surface area (Å²) in [5.41, 5.74) is -2.06. The van der Waals surface area contributed by atoms with Gasteiger partial charge in [-0.05, 0) is 24.3 Å². The van der Waals surface area contributed by atoms with Gasteiger partial charge in [0.2, 0.25) is 0 Å². The van der Waals surface area contributed by atoms with Crippen LogP contribution in [0.3, 0.4) is 0 Å². The number of rotatable bonds is 2. The third-order valence-corrected chi connectivity index (χ3v) is 4.48. The molecule has 1 heterocycles. The van der Waals surface area contributed by atoms with E-state index in [9.17, 15) is 35.9 Å². The Morgan fingerprint density at radius 1 is 0.647 bits per heavy atom. The minimum Gasteiger partial charge on any atom is -0.451 e. The highest BCUT2D eigenvalue weighted by Crippen LogP contribution is 2.31. The van der Waals surface area contributed by atoms with Gasteiger partial charge in [0.1, 0.15) is 0 Å². The Kier molecular flexibility index (Phi) is 6.52. The van der Waals surface area contributed by atoms with E-state index < -0.39 is 47.3 Å². The summed E-state index contributed by atoms with van der Waals surface area (Å²) in [5, 5.41) is 8.70. The molecule has 2 aromatic rings. The molecular formula is C20H14F6N4O4. The molecule has 1 aliphatic heterocycles. The van der Waals surface area contributed by atoms with E-state index in [-0.39, 0.29) is 11.1 Å². The summed E-state index contributed by atoms with van der Waals surface area (Å²) in [6.45, 7) is 0. The number of methoxy groups -OCH3 is 2. The predicted molar refractivity (Wildman–Crippen MR) is 104 cm³/mol. The van der Waals surface area contributed by atoms with Crippen molar-refractivity contribution in [3.63, 3.8) is 0 Å². The van der Waals surface area contributed by atoms with Crippen LogP contribution in [0.1, 0.15) is 22.3 Å². The second-order valence-corrected chi connectivity index (χ2v) is 6.56. The number of hydrazine groups is 1. The fraction of sp³-hybridized carbons (Fsp3) is 0.200. The number of carbonyl (C=O) groups excluding carboxylic acids is 2. The van der Waals surface area contributed by atoms with Crippen molar-refractivity contribution in [2.75, 3.05) is 14.2 Å². The van der Waals surface area contributed by atoms with Gasteiger partial charge >= 0.3 is 24.5 Å². The zero-order valence-electron chi connectivity index (χ0n) is 17.3.